The Labute approximate surface area is 144 Å². The number of hydrogen-bond acceptors (Lipinski definition) is 4. The topological polar surface area (TPSA) is 86.8 Å². The summed E-state index contributed by atoms with van der Waals surface area (Å²) in [5.41, 5.74) is 0.0706. The Bertz CT molecular complexity index is 609. The van der Waals surface area contributed by atoms with E-state index in [1.165, 1.54) is 0 Å². The first-order chi connectivity index (χ1) is 11.2. The van der Waals surface area contributed by atoms with E-state index in [1.54, 1.807) is 17.9 Å². The molecule has 0 aliphatic carbocycles. The van der Waals surface area contributed by atoms with Gasteiger partial charge in [0.1, 0.15) is 0 Å². The zero-order valence-electron chi connectivity index (χ0n) is 14.5. The van der Waals surface area contributed by atoms with E-state index in [0.717, 1.165) is 32.1 Å². The summed E-state index contributed by atoms with van der Waals surface area (Å²) >= 11 is 0. The Morgan fingerprint density at radius 1 is 1.38 bits per heavy atom. The van der Waals surface area contributed by atoms with Crippen molar-refractivity contribution >= 4 is 21.8 Å². The third-order valence-corrected chi connectivity index (χ3v) is 5.78. The lowest BCUT2D eigenvalue weighted by Crippen LogP contribution is -2.54. The fourth-order valence-electron chi connectivity index (χ4n) is 3.68. The quantitative estimate of drug-likeness (QED) is 0.719. The summed E-state index contributed by atoms with van der Waals surface area (Å²) in [5, 5.41) is 0. The number of nitrogens with zero attached hydrogens (tertiary/aromatic N) is 2. The summed E-state index contributed by atoms with van der Waals surface area (Å²) in [6.45, 7) is 7.76. The van der Waals surface area contributed by atoms with Gasteiger partial charge >= 0.3 is 0 Å². The molecule has 2 rings (SSSR count). The van der Waals surface area contributed by atoms with Crippen LogP contribution in [0.1, 0.15) is 32.6 Å². The van der Waals surface area contributed by atoms with Crippen molar-refractivity contribution in [2.45, 2.75) is 38.6 Å². The van der Waals surface area contributed by atoms with Crippen molar-refractivity contribution in [1.82, 2.24) is 14.5 Å². The molecule has 0 aromatic carbocycles. The van der Waals surface area contributed by atoms with Crippen LogP contribution in [0.15, 0.2) is 12.7 Å². The van der Waals surface area contributed by atoms with Crippen LogP contribution in [0.2, 0.25) is 0 Å². The summed E-state index contributed by atoms with van der Waals surface area (Å²) in [4.78, 5) is 27.9. The van der Waals surface area contributed by atoms with Crippen molar-refractivity contribution < 1.29 is 18.0 Å². The van der Waals surface area contributed by atoms with E-state index in [4.69, 9.17) is 0 Å². The first-order valence-corrected chi connectivity index (χ1v) is 10.2. The van der Waals surface area contributed by atoms with Crippen LogP contribution in [0, 0.1) is 5.41 Å². The van der Waals surface area contributed by atoms with Crippen LogP contribution in [0.25, 0.3) is 0 Å². The highest BCUT2D eigenvalue weighted by Gasteiger charge is 2.41. The molecule has 2 saturated heterocycles. The molecule has 1 unspecified atom stereocenters. The highest BCUT2D eigenvalue weighted by Crippen LogP contribution is 2.40. The van der Waals surface area contributed by atoms with E-state index in [0.29, 0.717) is 26.1 Å². The minimum atomic E-state index is -3.40. The lowest BCUT2D eigenvalue weighted by Gasteiger charge is -2.47. The van der Waals surface area contributed by atoms with Crippen LogP contribution in [0.5, 0.6) is 0 Å². The third-order valence-electron chi connectivity index (χ3n) is 4.99. The van der Waals surface area contributed by atoms with Gasteiger partial charge in [0, 0.05) is 32.6 Å². The molecule has 1 spiro atoms. The van der Waals surface area contributed by atoms with E-state index in [1.807, 2.05) is 4.90 Å². The molecule has 24 heavy (non-hydrogen) atoms. The molecule has 1 atom stereocenters. The van der Waals surface area contributed by atoms with Crippen LogP contribution in [-0.2, 0) is 19.6 Å². The second kappa shape index (κ2) is 7.23. The molecule has 2 aliphatic heterocycles. The average molecular weight is 357 g/mol. The molecular formula is C16H27N3O4S. The third kappa shape index (κ3) is 4.57. The minimum Gasteiger partial charge on any atom is -0.341 e. The van der Waals surface area contributed by atoms with E-state index in [2.05, 4.69) is 11.3 Å². The molecule has 7 nitrogen and oxygen atoms in total. The number of rotatable bonds is 5. The van der Waals surface area contributed by atoms with Crippen molar-refractivity contribution in [3.8, 4) is 0 Å². The van der Waals surface area contributed by atoms with Gasteiger partial charge in [0.25, 0.3) is 0 Å². The number of carbonyl (C=O) groups excluding carboxylic acids is 2. The maximum absolute atomic E-state index is 12.4. The smallest absolute Gasteiger partial charge is 0.240 e. The second-order valence-electron chi connectivity index (χ2n) is 7.00. The van der Waals surface area contributed by atoms with Gasteiger partial charge in [-0.05, 0) is 31.6 Å². The number of piperidine rings is 2. The van der Waals surface area contributed by atoms with E-state index >= 15 is 0 Å². The van der Waals surface area contributed by atoms with Crippen LogP contribution < -0.4 is 4.72 Å². The Morgan fingerprint density at radius 3 is 2.54 bits per heavy atom. The van der Waals surface area contributed by atoms with Gasteiger partial charge in [0.05, 0.1) is 12.3 Å². The molecule has 2 fully saturated rings. The number of sulfonamides is 1. The van der Waals surface area contributed by atoms with Crippen LogP contribution in [0.4, 0.5) is 0 Å². The maximum atomic E-state index is 12.4. The summed E-state index contributed by atoms with van der Waals surface area (Å²) in [7, 11) is -3.40. The first kappa shape index (κ1) is 18.9. The van der Waals surface area contributed by atoms with Gasteiger partial charge in [-0.15, -0.1) is 6.58 Å². The number of amides is 2. The molecular weight excluding hydrogens is 330 g/mol. The molecule has 8 heteroatoms. The summed E-state index contributed by atoms with van der Waals surface area (Å²) < 4.78 is 24.9. The Kier molecular flexibility index (Phi) is 5.70. The molecule has 0 aromatic rings. The molecule has 2 heterocycles. The fourth-order valence-corrected chi connectivity index (χ4v) is 4.42. The van der Waals surface area contributed by atoms with Crippen molar-refractivity contribution in [2.24, 2.45) is 5.41 Å². The van der Waals surface area contributed by atoms with Gasteiger partial charge in [0.15, 0.2) is 0 Å². The lowest BCUT2D eigenvalue weighted by molar-refractivity contribution is -0.142. The largest absolute Gasteiger partial charge is 0.341 e. The highest BCUT2D eigenvalue weighted by molar-refractivity contribution is 7.88. The van der Waals surface area contributed by atoms with Crippen molar-refractivity contribution in [1.29, 1.82) is 0 Å². The molecule has 0 aromatic heterocycles. The fraction of sp³-hybridized carbons (Fsp3) is 0.750. The molecule has 2 amide bonds. The maximum Gasteiger partial charge on any atom is 0.240 e. The predicted octanol–water partition coefficient (Wildman–Crippen LogP) is 0.341. The second-order valence-corrected chi connectivity index (χ2v) is 8.78. The minimum absolute atomic E-state index is 0.0706. The van der Waals surface area contributed by atoms with Crippen molar-refractivity contribution in [3.05, 3.63) is 12.7 Å². The Hall–Kier alpha value is -1.41. The van der Waals surface area contributed by atoms with Gasteiger partial charge < -0.3 is 9.80 Å². The van der Waals surface area contributed by atoms with Crippen molar-refractivity contribution in [2.75, 3.05) is 32.4 Å². The first-order valence-electron chi connectivity index (χ1n) is 8.31. The van der Waals surface area contributed by atoms with Crippen LogP contribution in [-0.4, -0.2) is 68.5 Å². The average Bonchev–Trinajstić information content (AvgIpc) is 2.50. The van der Waals surface area contributed by atoms with E-state index in [-0.39, 0.29) is 17.2 Å². The summed E-state index contributed by atoms with van der Waals surface area (Å²) in [6, 6.07) is -0.751. The molecule has 0 bridgehead atoms. The van der Waals surface area contributed by atoms with E-state index in [9.17, 15) is 18.0 Å². The molecule has 2 aliphatic rings. The summed E-state index contributed by atoms with van der Waals surface area (Å²) in [6.07, 6.45) is 5.88. The lowest BCUT2D eigenvalue weighted by atomic mass is 9.72. The molecule has 1 N–H and O–H groups in total. The van der Waals surface area contributed by atoms with Crippen LogP contribution >= 0.6 is 0 Å². The molecule has 0 saturated carbocycles. The monoisotopic (exact) mass is 357 g/mol. The Morgan fingerprint density at radius 2 is 2.00 bits per heavy atom. The van der Waals surface area contributed by atoms with Crippen molar-refractivity contribution in [3.63, 3.8) is 0 Å². The van der Waals surface area contributed by atoms with Gasteiger partial charge in [-0.2, -0.15) is 0 Å². The van der Waals surface area contributed by atoms with Crippen LogP contribution in [0.3, 0.4) is 0 Å². The van der Waals surface area contributed by atoms with Gasteiger partial charge in [-0.25, -0.2) is 13.1 Å². The number of carbonyl (C=O) groups is 2. The molecule has 136 valence electrons. The number of nitrogens with one attached hydrogen (secondary N) is 1. The zero-order chi connectivity index (χ0) is 18.0. The van der Waals surface area contributed by atoms with Gasteiger partial charge in [-0.1, -0.05) is 6.08 Å². The molecule has 0 radical (unpaired) electrons. The standard InChI is InChI=1S/C16H27N3O4S/c1-4-9-19-12-16(6-5-14(19)20)7-10-18(11-8-16)15(21)13(2)17-24(3,22)23/h4,13,17H,1,5-12H2,2-3H3. The van der Waals surface area contributed by atoms with Gasteiger partial charge in [-0.3, -0.25) is 9.59 Å². The predicted molar refractivity (Wildman–Crippen MR) is 91.7 cm³/mol. The Balaban J connectivity index is 1.94. The van der Waals surface area contributed by atoms with Gasteiger partial charge in [0.2, 0.25) is 21.8 Å². The zero-order valence-corrected chi connectivity index (χ0v) is 15.3. The SMILES string of the molecule is C=CCN1CC2(CCC1=O)CCN(C(=O)C(C)NS(C)(=O)=O)CC2. The highest BCUT2D eigenvalue weighted by atomic mass is 32.2. The number of hydrogen-bond donors (Lipinski definition) is 1. The summed E-state index contributed by atoms with van der Waals surface area (Å²) in [5.74, 6) is -0.0184. The number of likely N-dealkylation sites (tertiary alicyclic amines) is 2. The normalized spacial score (nSPS) is 22.5. The van der Waals surface area contributed by atoms with E-state index < -0.39 is 16.1 Å².